The molecule has 0 aliphatic carbocycles. The van der Waals surface area contributed by atoms with Gasteiger partial charge in [-0.05, 0) is 72.6 Å². The average molecular weight is 430 g/mol. The summed E-state index contributed by atoms with van der Waals surface area (Å²) < 4.78 is 0. The monoisotopic (exact) mass is 429 g/mol. The zero-order valence-corrected chi connectivity index (χ0v) is 17.8. The third-order valence-corrected chi connectivity index (χ3v) is 5.84. The van der Waals surface area contributed by atoms with Crippen LogP contribution in [-0.2, 0) is 4.79 Å². The van der Waals surface area contributed by atoms with Crippen molar-refractivity contribution in [2.24, 2.45) is 4.99 Å². The van der Waals surface area contributed by atoms with Crippen molar-refractivity contribution < 1.29 is 9.72 Å². The van der Waals surface area contributed by atoms with E-state index in [1.807, 2.05) is 62.4 Å². The molecular formula is C24H19N3O3S. The summed E-state index contributed by atoms with van der Waals surface area (Å²) in [5.41, 5.74) is 4.36. The summed E-state index contributed by atoms with van der Waals surface area (Å²) in [4.78, 5) is 30.7. The molecule has 0 bridgehead atoms. The van der Waals surface area contributed by atoms with Gasteiger partial charge in [0.05, 0.1) is 21.2 Å². The molecular weight excluding hydrogens is 410 g/mol. The summed E-state index contributed by atoms with van der Waals surface area (Å²) in [6.45, 7) is 3.99. The lowest BCUT2D eigenvalue weighted by atomic mass is 10.1. The molecule has 4 rings (SSSR count). The van der Waals surface area contributed by atoms with Crippen LogP contribution in [0.4, 0.5) is 17.1 Å². The van der Waals surface area contributed by atoms with Crippen LogP contribution in [-0.4, -0.2) is 16.0 Å². The van der Waals surface area contributed by atoms with E-state index < -0.39 is 4.92 Å². The number of para-hydroxylation sites is 2. The van der Waals surface area contributed by atoms with Crippen molar-refractivity contribution in [3.8, 4) is 0 Å². The highest BCUT2D eigenvalue weighted by Gasteiger charge is 2.34. The molecule has 1 fully saturated rings. The fraction of sp³-hybridized carbons (Fsp3) is 0.0833. The van der Waals surface area contributed by atoms with Crippen LogP contribution in [0, 0.1) is 24.0 Å². The molecule has 0 saturated carbocycles. The Morgan fingerprint density at radius 3 is 2.19 bits per heavy atom. The summed E-state index contributed by atoms with van der Waals surface area (Å²) >= 11 is 1.29. The van der Waals surface area contributed by atoms with Crippen LogP contribution in [0.1, 0.15) is 16.7 Å². The van der Waals surface area contributed by atoms with Crippen LogP contribution in [0.15, 0.2) is 82.7 Å². The molecule has 1 aliphatic heterocycles. The number of anilines is 1. The van der Waals surface area contributed by atoms with Gasteiger partial charge in [0, 0.05) is 12.1 Å². The SMILES string of the molecule is Cc1cccc(C)c1N=C1SC(=Cc2ccc([N+](=O)[O-])cc2)C(=O)N1c1ccccc1. The minimum Gasteiger partial charge on any atom is -0.268 e. The number of non-ortho nitro benzene ring substituents is 1. The van der Waals surface area contributed by atoms with Crippen molar-refractivity contribution in [3.05, 3.63) is 105 Å². The van der Waals surface area contributed by atoms with Crippen molar-refractivity contribution in [2.45, 2.75) is 13.8 Å². The van der Waals surface area contributed by atoms with Gasteiger partial charge in [-0.2, -0.15) is 0 Å². The predicted octanol–water partition coefficient (Wildman–Crippen LogP) is 6.02. The van der Waals surface area contributed by atoms with Gasteiger partial charge in [0.2, 0.25) is 0 Å². The standard InChI is InChI=1S/C24H19N3O3S/c1-16-7-6-8-17(2)22(16)25-24-26(19-9-4-3-5-10-19)23(28)21(31-24)15-18-11-13-20(14-12-18)27(29)30/h3-15H,1-2H3. The molecule has 31 heavy (non-hydrogen) atoms. The molecule has 0 N–H and O–H groups in total. The van der Waals surface area contributed by atoms with Gasteiger partial charge in [-0.3, -0.25) is 19.8 Å². The van der Waals surface area contributed by atoms with E-state index in [2.05, 4.69) is 0 Å². The average Bonchev–Trinajstić information content (AvgIpc) is 3.06. The smallest absolute Gasteiger partial charge is 0.268 e. The van der Waals surface area contributed by atoms with E-state index in [0.717, 1.165) is 22.5 Å². The van der Waals surface area contributed by atoms with Gasteiger partial charge in [0.25, 0.3) is 11.6 Å². The van der Waals surface area contributed by atoms with Gasteiger partial charge in [-0.25, -0.2) is 4.99 Å². The van der Waals surface area contributed by atoms with Crippen LogP contribution in [0.5, 0.6) is 0 Å². The number of nitrogens with zero attached hydrogens (tertiary/aromatic N) is 3. The van der Waals surface area contributed by atoms with Gasteiger partial charge in [-0.1, -0.05) is 36.4 Å². The lowest BCUT2D eigenvalue weighted by Gasteiger charge is -2.16. The van der Waals surface area contributed by atoms with E-state index in [1.54, 1.807) is 23.1 Å². The Morgan fingerprint density at radius 2 is 1.58 bits per heavy atom. The molecule has 1 amide bonds. The van der Waals surface area contributed by atoms with Crippen molar-refractivity contribution in [3.63, 3.8) is 0 Å². The number of thioether (sulfide) groups is 1. The number of carbonyl (C=O) groups excluding carboxylic acids is 1. The number of nitro groups is 1. The van der Waals surface area contributed by atoms with Gasteiger partial charge in [0.1, 0.15) is 0 Å². The Morgan fingerprint density at radius 1 is 0.935 bits per heavy atom. The van der Waals surface area contributed by atoms with Gasteiger partial charge in [0.15, 0.2) is 5.17 Å². The number of hydrogen-bond acceptors (Lipinski definition) is 5. The molecule has 7 heteroatoms. The molecule has 1 aliphatic rings. The minimum atomic E-state index is -0.446. The normalized spacial score (nSPS) is 16.3. The summed E-state index contributed by atoms with van der Waals surface area (Å²) in [6.07, 6.45) is 1.74. The van der Waals surface area contributed by atoms with Crippen molar-refractivity contribution in [2.75, 3.05) is 4.90 Å². The predicted molar refractivity (Wildman–Crippen MR) is 126 cm³/mol. The topological polar surface area (TPSA) is 75.8 Å². The van der Waals surface area contributed by atoms with E-state index >= 15 is 0 Å². The highest BCUT2D eigenvalue weighted by Crippen LogP contribution is 2.38. The van der Waals surface area contributed by atoms with Gasteiger partial charge >= 0.3 is 0 Å². The molecule has 0 unspecified atom stereocenters. The maximum Gasteiger partial charge on any atom is 0.271 e. The van der Waals surface area contributed by atoms with Crippen molar-refractivity contribution in [1.82, 2.24) is 0 Å². The third kappa shape index (κ3) is 4.27. The molecule has 1 saturated heterocycles. The van der Waals surface area contributed by atoms with Crippen molar-refractivity contribution in [1.29, 1.82) is 0 Å². The quantitative estimate of drug-likeness (QED) is 0.289. The number of hydrogen-bond donors (Lipinski definition) is 0. The summed E-state index contributed by atoms with van der Waals surface area (Å²) in [5, 5.41) is 11.5. The van der Waals surface area contributed by atoms with Crippen LogP contribution in [0.2, 0.25) is 0 Å². The highest BCUT2D eigenvalue weighted by atomic mass is 32.2. The Kier molecular flexibility index (Phi) is 5.68. The molecule has 1 heterocycles. The first-order valence-electron chi connectivity index (χ1n) is 9.62. The number of nitro benzene ring substituents is 1. The van der Waals surface area contributed by atoms with Crippen LogP contribution in [0.25, 0.3) is 6.08 Å². The molecule has 0 aromatic heterocycles. The first-order valence-corrected chi connectivity index (χ1v) is 10.4. The number of benzene rings is 3. The number of amides is 1. The van der Waals surface area contributed by atoms with E-state index in [1.165, 1.54) is 23.9 Å². The Bertz CT molecular complexity index is 1200. The second-order valence-electron chi connectivity index (χ2n) is 7.07. The van der Waals surface area contributed by atoms with E-state index in [-0.39, 0.29) is 11.6 Å². The van der Waals surface area contributed by atoms with E-state index in [0.29, 0.717) is 15.6 Å². The molecule has 6 nitrogen and oxygen atoms in total. The molecule has 3 aromatic rings. The first-order chi connectivity index (χ1) is 14.9. The fourth-order valence-corrected chi connectivity index (χ4v) is 4.26. The van der Waals surface area contributed by atoms with Crippen LogP contribution >= 0.6 is 11.8 Å². The van der Waals surface area contributed by atoms with Gasteiger partial charge < -0.3 is 0 Å². The first kappa shape index (κ1) is 20.6. The summed E-state index contributed by atoms with van der Waals surface area (Å²) in [7, 11) is 0. The molecule has 3 aromatic carbocycles. The van der Waals surface area contributed by atoms with Crippen LogP contribution < -0.4 is 4.90 Å². The second kappa shape index (κ2) is 8.57. The Balaban J connectivity index is 1.77. The highest BCUT2D eigenvalue weighted by molar-refractivity contribution is 8.19. The van der Waals surface area contributed by atoms with E-state index in [4.69, 9.17) is 4.99 Å². The number of amidine groups is 1. The molecule has 0 spiro atoms. The van der Waals surface area contributed by atoms with Crippen LogP contribution in [0.3, 0.4) is 0 Å². The van der Waals surface area contributed by atoms with Gasteiger partial charge in [-0.15, -0.1) is 0 Å². The molecule has 0 atom stereocenters. The largest absolute Gasteiger partial charge is 0.271 e. The lowest BCUT2D eigenvalue weighted by Crippen LogP contribution is -2.28. The fourth-order valence-electron chi connectivity index (χ4n) is 3.27. The van der Waals surface area contributed by atoms with Crippen molar-refractivity contribution >= 4 is 46.0 Å². The zero-order valence-electron chi connectivity index (χ0n) is 17.0. The van der Waals surface area contributed by atoms with E-state index in [9.17, 15) is 14.9 Å². The number of rotatable bonds is 4. The molecule has 154 valence electrons. The Labute approximate surface area is 184 Å². The number of aliphatic imine (C=N–C) groups is 1. The third-order valence-electron chi connectivity index (χ3n) is 4.87. The second-order valence-corrected chi connectivity index (χ2v) is 8.08. The Hall–Kier alpha value is -3.71. The maximum atomic E-state index is 13.3. The molecule has 0 radical (unpaired) electrons. The summed E-state index contributed by atoms with van der Waals surface area (Å²) in [6, 6.07) is 21.5. The number of carbonyl (C=O) groups is 1. The number of aryl methyl sites for hydroxylation is 2. The zero-order chi connectivity index (χ0) is 22.0. The maximum absolute atomic E-state index is 13.3. The summed E-state index contributed by atoms with van der Waals surface area (Å²) in [5.74, 6) is -0.181. The lowest BCUT2D eigenvalue weighted by molar-refractivity contribution is -0.384. The minimum absolute atomic E-state index is 0.00995.